The van der Waals surface area contributed by atoms with Crippen molar-refractivity contribution in [3.05, 3.63) is 0 Å². The van der Waals surface area contributed by atoms with Crippen LogP contribution in [-0.4, -0.2) is 13.2 Å². The van der Waals surface area contributed by atoms with E-state index in [0.717, 1.165) is 12.8 Å². The number of hydrogen-bond donors (Lipinski definition) is 0. The smallest absolute Gasteiger partial charge is 0.115 e. The molecule has 0 heterocycles. The zero-order valence-corrected chi connectivity index (χ0v) is 12.3. The fourth-order valence-electron chi connectivity index (χ4n) is 0.443. The third-order valence-electron chi connectivity index (χ3n) is 0.907. The van der Waals surface area contributed by atoms with E-state index in [9.17, 15) is 4.89 Å². The standard InChI is InChI=1S/C6H15O3PS.Zn/c1-3-5-8-10(7,11)9-6-4-2;/h3-6H2,1-2H3,(H,7,11);/p-1. The molecule has 0 aliphatic rings. The molecule has 3 nitrogen and oxygen atoms in total. The molecule has 0 saturated heterocycles. The van der Waals surface area contributed by atoms with Crippen LogP contribution in [0.2, 0.25) is 0 Å². The molecule has 0 aromatic heterocycles. The zero-order valence-electron chi connectivity index (χ0n) is 7.62. The van der Waals surface area contributed by atoms with Crippen LogP contribution >= 0.6 is 6.72 Å². The summed E-state index contributed by atoms with van der Waals surface area (Å²) in [7, 11) is 0. The Kier molecular flexibility index (Phi) is 11.4. The molecule has 0 spiro atoms. The van der Waals surface area contributed by atoms with Crippen molar-refractivity contribution in [2.45, 2.75) is 26.7 Å². The van der Waals surface area contributed by atoms with Gasteiger partial charge in [0.05, 0.1) is 13.2 Å². The Labute approximate surface area is 91.8 Å². The predicted octanol–water partition coefficient (Wildman–Crippen LogP) is 1.42. The maximum absolute atomic E-state index is 11.1. The molecule has 0 unspecified atom stereocenters. The first-order valence-corrected chi connectivity index (χ1v) is 6.28. The van der Waals surface area contributed by atoms with Crippen molar-refractivity contribution in [3.8, 4) is 0 Å². The van der Waals surface area contributed by atoms with Gasteiger partial charge in [0.2, 0.25) is 0 Å². The zero-order chi connectivity index (χ0) is 8.74. The fourth-order valence-corrected chi connectivity index (χ4v) is 1.78. The molecule has 6 heteroatoms. The Morgan fingerprint density at radius 1 is 1.17 bits per heavy atom. The third kappa shape index (κ3) is 9.24. The van der Waals surface area contributed by atoms with E-state index in [0.29, 0.717) is 13.2 Å². The summed E-state index contributed by atoms with van der Waals surface area (Å²) < 4.78 is 9.66. The molecule has 0 saturated carbocycles. The van der Waals surface area contributed by atoms with Gasteiger partial charge < -0.3 is 13.9 Å². The Balaban J connectivity index is 0. The van der Waals surface area contributed by atoms with E-state index in [1.54, 1.807) is 0 Å². The van der Waals surface area contributed by atoms with Crippen LogP contribution in [0.1, 0.15) is 26.7 Å². The summed E-state index contributed by atoms with van der Waals surface area (Å²) in [6, 6.07) is 0. The normalized spacial score (nSPS) is 10.9. The topological polar surface area (TPSA) is 41.5 Å². The molecule has 0 fully saturated rings. The van der Waals surface area contributed by atoms with Gasteiger partial charge in [-0.15, -0.1) is 0 Å². The minimum Gasteiger partial charge on any atom is -0.780 e. The number of hydrogen-bond acceptors (Lipinski definition) is 4. The minimum absolute atomic E-state index is 0. The molecule has 0 aliphatic heterocycles. The van der Waals surface area contributed by atoms with Crippen molar-refractivity contribution < 1.29 is 33.4 Å². The fraction of sp³-hybridized carbons (Fsp3) is 1.00. The Morgan fingerprint density at radius 2 is 1.50 bits per heavy atom. The van der Waals surface area contributed by atoms with Gasteiger partial charge in [-0.25, -0.2) is 0 Å². The van der Waals surface area contributed by atoms with Crippen LogP contribution in [0, 0.1) is 0 Å². The Hall–Kier alpha value is 1.15. The van der Waals surface area contributed by atoms with Gasteiger partial charge in [-0.05, 0) is 12.8 Å². The van der Waals surface area contributed by atoms with Crippen molar-refractivity contribution in [1.82, 2.24) is 0 Å². The maximum Gasteiger partial charge on any atom is 0.115 e. The van der Waals surface area contributed by atoms with Gasteiger partial charge in [-0.3, -0.25) is 0 Å². The monoisotopic (exact) mass is 261 g/mol. The van der Waals surface area contributed by atoms with E-state index in [1.165, 1.54) is 0 Å². The quantitative estimate of drug-likeness (QED) is 0.536. The molecular weight excluding hydrogens is 248 g/mol. The Morgan fingerprint density at radius 3 is 1.75 bits per heavy atom. The predicted molar refractivity (Wildman–Crippen MR) is 46.8 cm³/mol. The van der Waals surface area contributed by atoms with Gasteiger partial charge >= 0.3 is 0 Å². The van der Waals surface area contributed by atoms with Crippen molar-refractivity contribution in [3.63, 3.8) is 0 Å². The second kappa shape index (κ2) is 8.74. The van der Waals surface area contributed by atoms with E-state index in [2.05, 4.69) is 11.8 Å². The summed E-state index contributed by atoms with van der Waals surface area (Å²) in [5.41, 5.74) is 0. The summed E-state index contributed by atoms with van der Waals surface area (Å²) in [5.74, 6) is 0. The molecule has 0 rings (SSSR count). The second-order valence-corrected chi connectivity index (χ2v) is 4.87. The molecule has 0 radical (unpaired) electrons. The number of rotatable bonds is 6. The van der Waals surface area contributed by atoms with Gasteiger partial charge in [0.15, 0.2) is 0 Å². The molecule has 0 atom stereocenters. The average molecular weight is 263 g/mol. The summed E-state index contributed by atoms with van der Waals surface area (Å²) in [5, 5.41) is 0. The van der Waals surface area contributed by atoms with Crippen molar-refractivity contribution in [1.29, 1.82) is 0 Å². The summed E-state index contributed by atoms with van der Waals surface area (Å²) in [6.07, 6.45) is 1.60. The van der Waals surface area contributed by atoms with Crippen molar-refractivity contribution in [2.75, 3.05) is 13.2 Å². The van der Waals surface area contributed by atoms with Gasteiger partial charge in [-0.1, -0.05) is 25.7 Å². The van der Waals surface area contributed by atoms with Crippen LogP contribution in [-0.2, 0) is 40.3 Å². The summed E-state index contributed by atoms with van der Waals surface area (Å²) in [4.78, 5) is 11.1. The maximum atomic E-state index is 11.1. The second-order valence-electron chi connectivity index (χ2n) is 2.11. The first-order valence-electron chi connectivity index (χ1n) is 3.72. The molecule has 0 aromatic rings. The summed E-state index contributed by atoms with van der Waals surface area (Å²) in [6.45, 7) is 1.52. The molecule has 0 amide bonds. The van der Waals surface area contributed by atoms with Crippen molar-refractivity contribution >= 4 is 18.5 Å². The molecule has 0 aliphatic carbocycles. The van der Waals surface area contributed by atoms with E-state index < -0.39 is 6.72 Å². The minimum atomic E-state index is -3.14. The molecule has 12 heavy (non-hydrogen) atoms. The van der Waals surface area contributed by atoms with Crippen LogP contribution in [0.4, 0.5) is 0 Å². The molecule has 0 bridgehead atoms. The average Bonchev–Trinajstić information content (AvgIpc) is 1.97. The van der Waals surface area contributed by atoms with Crippen LogP contribution in [0.15, 0.2) is 0 Å². The first-order chi connectivity index (χ1) is 5.12. The Bertz CT molecular complexity index is 133. The van der Waals surface area contributed by atoms with Crippen LogP contribution in [0.25, 0.3) is 0 Å². The van der Waals surface area contributed by atoms with Gasteiger partial charge in [-0.2, -0.15) is 0 Å². The SMILES string of the molecule is CCCOP([O-])(=S)OCCC.[Zn]. The van der Waals surface area contributed by atoms with Crippen LogP contribution in [0.3, 0.4) is 0 Å². The summed E-state index contributed by atoms with van der Waals surface area (Å²) >= 11 is 4.59. The molecular formula is C6H14O3PSZn-. The van der Waals surface area contributed by atoms with Crippen molar-refractivity contribution in [2.24, 2.45) is 0 Å². The molecule has 70 valence electrons. The molecule has 0 aromatic carbocycles. The van der Waals surface area contributed by atoms with Gasteiger partial charge in [0.25, 0.3) is 0 Å². The van der Waals surface area contributed by atoms with Crippen LogP contribution in [0.5, 0.6) is 0 Å². The van der Waals surface area contributed by atoms with E-state index >= 15 is 0 Å². The van der Waals surface area contributed by atoms with Gasteiger partial charge in [0.1, 0.15) is 6.72 Å². The third-order valence-corrected chi connectivity index (χ3v) is 2.54. The van der Waals surface area contributed by atoms with E-state index in [-0.39, 0.29) is 19.5 Å². The van der Waals surface area contributed by atoms with Gasteiger partial charge in [0, 0.05) is 19.5 Å². The van der Waals surface area contributed by atoms with Crippen LogP contribution < -0.4 is 4.89 Å². The molecule has 0 N–H and O–H groups in total. The van der Waals surface area contributed by atoms with E-state index in [4.69, 9.17) is 9.05 Å². The first kappa shape index (κ1) is 15.6. The van der Waals surface area contributed by atoms with E-state index in [1.807, 2.05) is 13.8 Å². The largest absolute Gasteiger partial charge is 0.780 e.